The van der Waals surface area contributed by atoms with Gasteiger partial charge in [-0.15, -0.1) is 0 Å². The molecule has 5 nitrogen and oxygen atoms in total. The lowest BCUT2D eigenvalue weighted by Crippen LogP contribution is -2.54. The van der Waals surface area contributed by atoms with Crippen LogP contribution in [0, 0.1) is 0 Å². The maximum atomic E-state index is 5.58. The van der Waals surface area contributed by atoms with Crippen molar-refractivity contribution in [2.24, 2.45) is 4.99 Å². The molecular weight excluding hydrogens is 252 g/mol. The van der Waals surface area contributed by atoms with Gasteiger partial charge < -0.3 is 15.4 Å². The van der Waals surface area contributed by atoms with Crippen LogP contribution in [0.2, 0.25) is 0 Å². The van der Waals surface area contributed by atoms with E-state index in [1.54, 1.807) is 0 Å². The minimum atomic E-state index is 0.227. The summed E-state index contributed by atoms with van der Waals surface area (Å²) in [7, 11) is 0. The average molecular weight is 282 g/mol. The Morgan fingerprint density at radius 3 is 2.25 bits per heavy atom. The van der Waals surface area contributed by atoms with Gasteiger partial charge in [-0.25, -0.2) is 0 Å². The molecule has 0 aliphatic carbocycles. The fourth-order valence-corrected chi connectivity index (χ4v) is 3.25. The fourth-order valence-electron chi connectivity index (χ4n) is 3.25. The van der Waals surface area contributed by atoms with Gasteiger partial charge >= 0.3 is 0 Å². The van der Waals surface area contributed by atoms with Crippen LogP contribution in [0.3, 0.4) is 0 Å². The second kappa shape index (κ2) is 7.84. The zero-order valence-corrected chi connectivity index (χ0v) is 13.1. The second-order valence-electron chi connectivity index (χ2n) is 5.76. The Hall–Kier alpha value is -0.810. The molecular formula is C15H30N4O. The molecule has 116 valence electrons. The van der Waals surface area contributed by atoms with Gasteiger partial charge in [0, 0.05) is 31.8 Å². The number of hydrogen-bond acceptors (Lipinski definition) is 3. The van der Waals surface area contributed by atoms with Crippen molar-refractivity contribution < 1.29 is 4.74 Å². The first-order valence-electron chi connectivity index (χ1n) is 8.16. The highest BCUT2D eigenvalue weighted by atomic mass is 16.5. The van der Waals surface area contributed by atoms with Crippen LogP contribution in [0.4, 0.5) is 0 Å². The fraction of sp³-hybridized carbons (Fsp3) is 0.933. The molecule has 20 heavy (non-hydrogen) atoms. The van der Waals surface area contributed by atoms with Crippen molar-refractivity contribution in [3.8, 4) is 0 Å². The lowest BCUT2D eigenvalue weighted by Gasteiger charge is -2.43. The van der Waals surface area contributed by atoms with Crippen molar-refractivity contribution in [2.45, 2.75) is 45.1 Å². The summed E-state index contributed by atoms with van der Waals surface area (Å²) in [4.78, 5) is 7.50. The molecule has 2 N–H and O–H groups in total. The number of ether oxygens (including phenoxy) is 1. The number of guanidine groups is 1. The summed E-state index contributed by atoms with van der Waals surface area (Å²) in [6.45, 7) is 11.1. The van der Waals surface area contributed by atoms with E-state index in [9.17, 15) is 0 Å². The van der Waals surface area contributed by atoms with Crippen molar-refractivity contribution in [2.75, 3.05) is 45.9 Å². The van der Waals surface area contributed by atoms with Crippen LogP contribution in [-0.2, 0) is 4.74 Å². The van der Waals surface area contributed by atoms with E-state index in [1.165, 1.54) is 25.9 Å². The maximum absolute atomic E-state index is 5.58. The monoisotopic (exact) mass is 282 g/mol. The quantitative estimate of drug-likeness (QED) is 0.588. The molecule has 0 amide bonds. The molecule has 2 aliphatic heterocycles. The van der Waals surface area contributed by atoms with E-state index in [2.05, 4.69) is 29.4 Å². The molecule has 5 heteroatoms. The topological polar surface area (TPSA) is 48.9 Å². The van der Waals surface area contributed by atoms with Gasteiger partial charge in [0.05, 0.1) is 6.54 Å². The summed E-state index contributed by atoms with van der Waals surface area (Å²) < 4.78 is 5.58. The van der Waals surface area contributed by atoms with Gasteiger partial charge in [0.15, 0.2) is 5.96 Å². The predicted octanol–water partition coefficient (Wildman–Crippen LogP) is 1.21. The Bertz CT molecular complexity index is 299. The van der Waals surface area contributed by atoms with Crippen LogP contribution in [-0.4, -0.2) is 62.3 Å². The standard InChI is InChI=1S/C15H30N4O/c1-3-16-14(17-4-2)18-13-15(7-11-20-12-8-15)19-9-5-6-10-19/h3-13H2,1-2H3,(H2,16,17,18). The summed E-state index contributed by atoms with van der Waals surface area (Å²) in [5.74, 6) is 0.945. The Balaban J connectivity index is 2.04. The zero-order valence-electron chi connectivity index (χ0n) is 13.1. The van der Waals surface area contributed by atoms with Crippen LogP contribution in [0.1, 0.15) is 39.5 Å². The molecule has 0 radical (unpaired) electrons. The summed E-state index contributed by atoms with van der Waals surface area (Å²) in [6, 6.07) is 0. The molecule has 0 spiro atoms. The smallest absolute Gasteiger partial charge is 0.191 e. The third kappa shape index (κ3) is 3.85. The average Bonchev–Trinajstić information content (AvgIpc) is 3.01. The molecule has 0 aromatic heterocycles. The lowest BCUT2D eigenvalue weighted by molar-refractivity contribution is -0.0139. The number of aliphatic imine (C=N–C) groups is 1. The molecule has 0 bridgehead atoms. The molecule has 0 aromatic rings. The van der Waals surface area contributed by atoms with E-state index in [4.69, 9.17) is 9.73 Å². The minimum Gasteiger partial charge on any atom is -0.381 e. The first-order valence-corrected chi connectivity index (χ1v) is 8.16. The van der Waals surface area contributed by atoms with Crippen molar-refractivity contribution in [1.82, 2.24) is 15.5 Å². The Kier molecular flexibility index (Phi) is 6.10. The summed E-state index contributed by atoms with van der Waals surface area (Å²) >= 11 is 0. The molecule has 2 saturated heterocycles. The Morgan fingerprint density at radius 1 is 1.10 bits per heavy atom. The van der Waals surface area contributed by atoms with Gasteiger partial charge in [0.2, 0.25) is 0 Å². The third-order valence-electron chi connectivity index (χ3n) is 4.42. The molecule has 2 aliphatic rings. The highest BCUT2D eigenvalue weighted by Gasteiger charge is 2.39. The molecule has 0 unspecified atom stereocenters. The van der Waals surface area contributed by atoms with E-state index in [0.29, 0.717) is 0 Å². The normalized spacial score (nSPS) is 22.5. The Morgan fingerprint density at radius 2 is 1.70 bits per heavy atom. The molecule has 0 atom stereocenters. The van der Waals surface area contributed by atoms with Crippen LogP contribution >= 0.6 is 0 Å². The van der Waals surface area contributed by atoms with Gasteiger partial charge in [-0.1, -0.05) is 0 Å². The third-order valence-corrected chi connectivity index (χ3v) is 4.42. The number of rotatable bonds is 5. The number of nitrogens with zero attached hydrogens (tertiary/aromatic N) is 2. The van der Waals surface area contributed by atoms with Crippen molar-refractivity contribution in [1.29, 1.82) is 0 Å². The van der Waals surface area contributed by atoms with Crippen molar-refractivity contribution >= 4 is 5.96 Å². The number of hydrogen-bond donors (Lipinski definition) is 2. The lowest BCUT2D eigenvalue weighted by atomic mass is 9.88. The maximum Gasteiger partial charge on any atom is 0.191 e. The summed E-state index contributed by atoms with van der Waals surface area (Å²) in [6.07, 6.45) is 4.89. The second-order valence-corrected chi connectivity index (χ2v) is 5.76. The van der Waals surface area contributed by atoms with Crippen molar-refractivity contribution in [3.05, 3.63) is 0 Å². The van der Waals surface area contributed by atoms with Crippen LogP contribution < -0.4 is 10.6 Å². The van der Waals surface area contributed by atoms with Crippen LogP contribution in [0.15, 0.2) is 4.99 Å². The largest absolute Gasteiger partial charge is 0.381 e. The van der Waals surface area contributed by atoms with Gasteiger partial charge in [-0.05, 0) is 52.6 Å². The van der Waals surface area contributed by atoms with Gasteiger partial charge in [0.25, 0.3) is 0 Å². The molecule has 2 heterocycles. The van der Waals surface area contributed by atoms with Gasteiger partial charge in [0.1, 0.15) is 0 Å². The number of nitrogens with one attached hydrogen (secondary N) is 2. The Labute approximate surface area is 123 Å². The molecule has 2 fully saturated rings. The minimum absolute atomic E-state index is 0.227. The van der Waals surface area contributed by atoms with E-state index < -0.39 is 0 Å². The zero-order chi connectivity index (χ0) is 14.3. The molecule has 0 saturated carbocycles. The van der Waals surface area contributed by atoms with Gasteiger partial charge in [-0.3, -0.25) is 9.89 Å². The van der Waals surface area contributed by atoms with E-state index >= 15 is 0 Å². The predicted molar refractivity (Wildman–Crippen MR) is 83.2 cm³/mol. The summed E-state index contributed by atoms with van der Waals surface area (Å²) in [5.41, 5.74) is 0.227. The van der Waals surface area contributed by atoms with E-state index in [-0.39, 0.29) is 5.54 Å². The van der Waals surface area contributed by atoms with Gasteiger partial charge in [-0.2, -0.15) is 0 Å². The first kappa shape index (κ1) is 15.6. The highest BCUT2D eigenvalue weighted by molar-refractivity contribution is 5.79. The van der Waals surface area contributed by atoms with E-state index in [0.717, 1.165) is 51.6 Å². The molecule has 2 rings (SSSR count). The number of likely N-dealkylation sites (tertiary alicyclic amines) is 1. The SMILES string of the molecule is CCNC(=NCC1(N2CCCC2)CCOCC1)NCC. The van der Waals surface area contributed by atoms with E-state index in [1.807, 2.05) is 0 Å². The van der Waals surface area contributed by atoms with Crippen LogP contribution in [0.25, 0.3) is 0 Å². The summed E-state index contributed by atoms with van der Waals surface area (Å²) in [5, 5.41) is 6.64. The molecule has 0 aromatic carbocycles. The first-order chi connectivity index (χ1) is 9.80. The van der Waals surface area contributed by atoms with Crippen molar-refractivity contribution in [3.63, 3.8) is 0 Å². The highest BCUT2D eigenvalue weighted by Crippen LogP contribution is 2.31. The van der Waals surface area contributed by atoms with Crippen LogP contribution in [0.5, 0.6) is 0 Å².